The Morgan fingerprint density at radius 2 is 1.88 bits per heavy atom. The predicted molar refractivity (Wildman–Crippen MR) is 167 cm³/mol. The van der Waals surface area contributed by atoms with E-state index >= 15 is 0 Å². The van der Waals surface area contributed by atoms with Gasteiger partial charge in [-0.15, -0.1) is 21.5 Å². The molecule has 0 bridgehead atoms. The second-order valence-corrected chi connectivity index (χ2v) is 12.7. The highest BCUT2D eigenvalue weighted by Crippen LogP contribution is 2.45. The van der Waals surface area contributed by atoms with Crippen LogP contribution in [-0.2, 0) is 10.5 Å². The van der Waals surface area contributed by atoms with Crippen molar-refractivity contribution in [3.05, 3.63) is 92.9 Å². The Kier molecular flexibility index (Phi) is 9.61. The molecule has 42 heavy (non-hydrogen) atoms. The Morgan fingerprint density at radius 3 is 2.60 bits per heavy atom. The number of benzene rings is 2. The number of ether oxygens (including phenoxy) is 2. The van der Waals surface area contributed by atoms with Crippen LogP contribution in [0.2, 0.25) is 0 Å². The van der Waals surface area contributed by atoms with Gasteiger partial charge in [0.05, 0.1) is 29.7 Å². The number of unbranched alkanes of at least 4 members (excludes halogenated alkanes) is 1. The Labute approximate surface area is 257 Å². The fourth-order valence-electron chi connectivity index (χ4n) is 4.49. The number of hydrogen-bond acceptors (Lipinski definition) is 10. The number of carbonyl (C=O) groups excluding carboxylic acids is 2. The number of carbonyl (C=O) groups is 2. The van der Waals surface area contributed by atoms with Crippen LogP contribution in [0.1, 0.15) is 59.1 Å². The van der Waals surface area contributed by atoms with E-state index < -0.39 is 23.5 Å². The van der Waals surface area contributed by atoms with E-state index in [4.69, 9.17) is 9.47 Å². The molecule has 1 aliphatic heterocycles. The van der Waals surface area contributed by atoms with Crippen LogP contribution in [-0.4, -0.2) is 40.2 Å². The van der Waals surface area contributed by atoms with Gasteiger partial charge in [-0.25, -0.2) is 0 Å². The van der Waals surface area contributed by atoms with Crippen molar-refractivity contribution in [2.75, 3.05) is 18.1 Å². The monoisotopic (exact) mass is 621 g/mol. The lowest BCUT2D eigenvalue weighted by molar-refractivity contribution is -0.117. The van der Waals surface area contributed by atoms with Gasteiger partial charge in [-0.05, 0) is 55.0 Å². The van der Waals surface area contributed by atoms with E-state index in [-0.39, 0.29) is 10.7 Å². The largest absolute Gasteiger partial charge is 0.503 e. The molecule has 218 valence electrons. The van der Waals surface area contributed by atoms with E-state index in [1.165, 1.54) is 44.9 Å². The molecule has 4 aromatic rings. The van der Waals surface area contributed by atoms with Crippen molar-refractivity contribution in [1.29, 1.82) is 0 Å². The summed E-state index contributed by atoms with van der Waals surface area (Å²) in [6, 6.07) is 16.1. The highest BCUT2D eigenvalue weighted by Gasteiger charge is 2.46. The van der Waals surface area contributed by atoms with Crippen LogP contribution in [0.3, 0.4) is 0 Å². The molecule has 1 N–H and O–H groups in total. The minimum atomic E-state index is -0.932. The topological polar surface area (TPSA) is 102 Å². The number of hydrogen-bond donors (Lipinski definition) is 1. The van der Waals surface area contributed by atoms with Crippen molar-refractivity contribution < 1.29 is 24.2 Å². The molecule has 0 spiro atoms. The zero-order valence-electron chi connectivity index (χ0n) is 23.5. The number of aliphatic hydroxyl groups is 1. The third-order valence-electron chi connectivity index (χ3n) is 6.62. The SMILES string of the molecule is CCCCOc1ccc(C2C(C(=O)c3cccs3)=C(O)C(=O)N2c2nnc(SCc3ccc(C)cc3)s2)cc1OCC. The van der Waals surface area contributed by atoms with E-state index in [2.05, 4.69) is 41.4 Å². The van der Waals surface area contributed by atoms with Gasteiger partial charge in [0.1, 0.15) is 0 Å². The molecule has 1 aliphatic rings. The number of nitrogens with zero attached hydrogens (tertiary/aromatic N) is 3. The number of amides is 1. The van der Waals surface area contributed by atoms with Crippen LogP contribution >= 0.6 is 34.4 Å². The van der Waals surface area contributed by atoms with Gasteiger partial charge in [-0.3, -0.25) is 14.5 Å². The first-order valence-corrected chi connectivity index (χ1v) is 16.4. The van der Waals surface area contributed by atoms with E-state index in [0.29, 0.717) is 45.2 Å². The molecular formula is C31H31N3O5S3. The highest BCUT2D eigenvalue weighted by molar-refractivity contribution is 8.00. The van der Waals surface area contributed by atoms with E-state index in [9.17, 15) is 14.7 Å². The lowest BCUT2D eigenvalue weighted by Crippen LogP contribution is -2.31. The Balaban J connectivity index is 1.51. The predicted octanol–water partition coefficient (Wildman–Crippen LogP) is 7.56. The van der Waals surface area contributed by atoms with Crippen LogP contribution in [0.4, 0.5) is 5.13 Å². The molecule has 2 aromatic carbocycles. The number of rotatable bonds is 13. The molecular weight excluding hydrogens is 591 g/mol. The maximum absolute atomic E-state index is 13.7. The summed E-state index contributed by atoms with van der Waals surface area (Å²) in [4.78, 5) is 29.1. The minimum absolute atomic E-state index is 0.00592. The van der Waals surface area contributed by atoms with Crippen molar-refractivity contribution in [2.45, 2.75) is 49.7 Å². The van der Waals surface area contributed by atoms with Gasteiger partial charge >= 0.3 is 0 Å². The lowest BCUT2D eigenvalue weighted by Gasteiger charge is -2.25. The molecule has 1 atom stereocenters. The maximum atomic E-state index is 13.7. The average Bonchev–Trinajstić information content (AvgIpc) is 3.74. The first-order chi connectivity index (χ1) is 20.4. The van der Waals surface area contributed by atoms with Gasteiger partial charge < -0.3 is 14.6 Å². The first-order valence-electron chi connectivity index (χ1n) is 13.7. The van der Waals surface area contributed by atoms with Crippen LogP contribution < -0.4 is 14.4 Å². The Hall–Kier alpha value is -3.67. The van der Waals surface area contributed by atoms with Crippen molar-refractivity contribution in [3.8, 4) is 11.5 Å². The first kappa shape index (κ1) is 29.8. The van der Waals surface area contributed by atoms with Gasteiger partial charge in [0.15, 0.2) is 21.6 Å². The number of thiophene rings is 1. The Bertz CT molecular complexity index is 1580. The molecule has 0 saturated carbocycles. The lowest BCUT2D eigenvalue weighted by atomic mass is 9.95. The summed E-state index contributed by atoms with van der Waals surface area (Å²) in [6.45, 7) is 6.96. The Morgan fingerprint density at radius 1 is 1.07 bits per heavy atom. The zero-order chi connectivity index (χ0) is 29.6. The van der Waals surface area contributed by atoms with Crippen LogP contribution in [0, 0.1) is 6.92 Å². The van der Waals surface area contributed by atoms with E-state index in [1.54, 1.807) is 35.7 Å². The van der Waals surface area contributed by atoms with Crippen LogP contribution in [0.25, 0.3) is 0 Å². The summed E-state index contributed by atoms with van der Waals surface area (Å²) in [7, 11) is 0. The van der Waals surface area contributed by atoms with Crippen molar-refractivity contribution in [1.82, 2.24) is 10.2 Å². The highest BCUT2D eigenvalue weighted by atomic mass is 32.2. The molecule has 0 fully saturated rings. The number of aryl methyl sites for hydroxylation is 1. The smallest absolute Gasteiger partial charge is 0.296 e. The van der Waals surface area contributed by atoms with Gasteiger partial charge in [-0.1, -0.05) is 78.4 Å². The van der Waals surface area contributed by atoms with Gasteiger partial charge in [0.25, 0.3) is 5.91 Å². The van der Waals surface area contributed by atoms with Gasteiger partial charge in [-0.2, -0.15) is 0 Å². The molecule has 0 radical (unpaired) electrons. The number of aliphatic hydroxyl groups excluding tert-OH is 1. The molecule has 11 heteroatoms. The van der Waals surface area contributed by atoms with E-state index in [0.717, 1.165) is 18.4 Å². The maximum Gasteiger partial charge on any atom is 0.296 e. The quantitative estimate of drug-likeness (QED) is 0.0706. The standard InChI is InChI=1S/C31H31N3O5S3/c1-4-6-15-39-22-14-13-21(17-23(22)38-5-2)26-25(27(35)24-8-7-16-40-24)28(36)29(37)34(26)30-32-33-31(42-30)41-18-20-11-9-19(3)10-12-20/h7-14,16-17,26,36H,4-6,15,18H2,1-3H3. The molecule has 5 rings (SSSR count). The minimum Gasteiger partial charge on any atom is -0.503 e. The molecule has 0 saturated heterocycles. The molecule has 2 aromatic heterocycles. The second kappa shape index (κ2) is 13.5. The molecule has 3 heterocycles. The summed E-state index contributed by atoms with van der Waals surface area (Å²) in [6.07, 6.45) is 1.89. The van der Waals surface area contributed by atoms with Crippen molar-refractivity contribution in [2.24, 2.45) is 0 Å². The van der Waals surface area contributed by atoms with Crippen LogP contribution in [0.5, 0.6) is 11.5 Å². The molecule has 1 amide bonds. The average molecular weight is 622 g/mol. The van der Waals surface area contributed by atoms with Crippen molar-refractivity contribution >= 4 is 51.3 Å². The van der Waals surface area contributed by atoms with Gasteiger partial charge in [0, 0.05) is 5.75 Å². The summed E-state index contributed by atoms with van der Waals surface area (Å²) in [5.74, 6) is 0.0586. The summed E-state index contributed by atoms with van der Waals surface area (Å²) < 4.78 is 12.5. The van der Waals surface area contributed by atoms with Gasteiger partial charge in [0.2, 0.25) is 10.9 Å². The summed E-state index contributed by atoms with van der Waals surface area (Å²) in [5.41, 5.74) is 2.91. The number of ketones is 1. The fourth-order valence-corrected chi connectivity index (χ4v) is 6.99. The third kappa shape index (κ3) is 6.38. The molecule has 0 aliphatic carbocycles. The van der Waals surface area contributed by atoms with Crippen LogP contribution in [0.15, 0.2) is 75.6 Å². The summed E-state index contributed by atoms with van der Waals surface area (Å²) >= 11 is 4.01. The van der Waals surface area contributed by atoms with Crippen molar-refractivity contribution in [3.63, 3.8) is 0 Å². The van der Waals surface area contributed by atoms with E-state index in [1.807, 2.05) is 13.8 Å². The second-order valence-electron chi connectivity index (χ2n) is 9.61. The fraction of sp³-hybridized carbons (Fsp3) is 0.290. The summed E-state index contributed by atoms with van der Waals surface area (Å²) in [5, 5.41) is 21.8. The number of Topliss-reactive ketones (excluding diaryl/α,β-unsaturated/α-hetero) is 1. The zero-order valence-corrected chi connectivity index (χ0v) is 26.0. The number of thioether (sulfide) groups is 1. The molecule has 1 unspecified atom stereocenters. The normalized spacial score (nSPS) is 15.0. The molecule has 8 nitrogen and oxygen atoms in total. The number of anilines is 1. The number of aromatic nitrogens is 2. The third-order valence-corrected chi connectivity index (χ3v) is 9.62.